The number of nitrogens with zero attached hydrogens (tertiary/aromatic N) is 1. The zero-order chi connectivity index (χ0) is 20.2. The van der Waals surface area contributed by atoms with E-state index in [0.717, 1.165) is 62.5 Å². The minimum Gasteiger partial charge on any atom is -0.376 e. The van der Waals surface area contributed by atoms with Crippen LogP contribution in [0.5, 0.6) is 0 Å². The minimum absolute atomic E-state index is 0.0915. The summed E-state index contributed by atoms with van der Waals surface area (Å²) < 4.78 is 5.81. The van der Waals surface area contributed by atoms with Gasteiger partial charge in [0.25, 0.3) is 5.56 Å². The average Bonchev–Trinajstić information content (AvgIpc) is 3.26. The van der Waals surface area contributed by atoms with Crippen molar-refractivity contribution in [2.24, 2.45) is 5.92 Å². The van der Waals surface area contributed by atoms with Crippen LogP contribution in [0.25, 0.3) is 10.9 Å². The van der Waals surface area contributed by atoms with Gasteiger partial charge in [-0.2, -0.15) is 0 Å². The Kier molecular flexibility index (Phi) is 6.34. The third-order valence-electron chi connectivity index (χ3n) is 6.47. The van der Waals surface area contributed by atoms with Gasteiger partial charge in [0, 0.05) is 30.1 Å². The summed E-state index contributed by atoms with van der Waals surface area (Å²) in [5.74, 6) is 0.290. The standard InChI is InChI=1S/C24H32N2O3/c1-2-17-10-11-22-19(13-17)14-20(23(27)25-22)15-26(16-21-9-6-12-29-21)24(28)18-7-4-3-5-8-18/h10-11,13-14,18,21H,2-9,12,15-16H2,1H3,(H,25,27)/t21-/m0/s1. The van der Waals surface area contributed by atoms with Crippen LogP contribution in [0.2, 0.25) is 0 Å². The number of pyridine rings is 1. The Morgan fingerprint density at radius 2 is 1.97 bits per heavy atom. The van der Waals surface area contributed by atoms with E-state index >= 15 is 0 Å². The Labute approximate surface area is 172 Å². The van der Waals surface area contributed by atoms with Gasteiger partial charge in [-0.15, -0.1) is 0 Å². The molecule has 1 N–H and O–H groups in total. The van der Waals surface area contributed by atoms with Crippen molar-refractivity contribution < 1.29 is 9.53 Å². The van der Waals surface area contributed by atoms with E-state index in [2.05, 4.69) is 18.0 Å². The minimum atomic E-state index is -0.101. The molecule has 1 aromatic heterocycles. The topological polar surface area (TPSA) is 62.4 Å². The highest BCUT2D eigenvalue weighted by Crippen LogP contribution is 2.27. The van der Waals surface area contributed by atoms with E-state index in [9.17, 15) is 9.59 Å². The van der Waals surface area contributed by atoms with E-state index in [4.69, 9.17) is 4.74 Å². The van der Waals surface area contributed by atoms with Gasteiger partial charge in [-0.3, -0.25) is 9.59 Å². The van der Waals surface area contributed by atoms with Crippen LogP contribution in [-0.4, -0.2) is 35.0 Å². The fourth-order valence-corrected chi connectivity index (χ4v) is 4.72. The molecule has 5 nitrogen and oxygen atoms in total. The maximum atomic E-state index is 13.3. The van der Waals surface area contributed by atoms with Crippen molar-refractivity contribution >= 4 is 16.8 Å². The van der Waals surface area contributed by atoms with Gasteiger partial charge in [0.15, 0.2) is 0 Å². The van der Waals surface area contributed by atoms with Gasteiger partial charge in [0.1, 0.15) is 0 Å². The molecule has 156 valence electrons. The zero-order valence-electron chi connectivity index (χ0n) is 17.4. The molecule has 1 saturated carbocycles. The number of carbonyl (C=O) groups excluding carboxylic acids is 1. The second-order valence-electron chi connectivity index (χ2n) is 8.59. The summed E-state index contributed by atoms with van der Waals surface area (Å²) in [7, 11) is 0. The van der Waals surface area contributed by atoms with E-state index < -0.39 is 0 Å². The number of hydrogen-bond acceptors (Lipinski definition) is 3. The van der Waals surface area contributed by atoms with Crippen molar-refractivity contribution in [2.45, 2.75) is 70.9 Å². The maximum Gasteiger partial charge on any atom is 0.253 e. The number of amides is 1. The average molecular weight is 397 g/mol. The monoisotopic (exact) mass is 396 g/mol. The van der Waals surface area contributed by atoms with E-state index in [1.165, 1.54) is 12.0 Å². The van der Waals surface area contributed by atoms with E-state index in [0.29, 0.717) is 18.7 Å². The number of nitrogens with one attached hydrogen (secondary N) is 1. The summed E-state index contributed by atoms with van der Waals surface area (Å²) in [6.07, 6.45) is 8.49. The predicted octanol–water partition coefficient (Wildman–Crippen LogP) is 4.18. The van der Waals surface area contributed by atoms with Crippen LogP contribution in [0.15, 0.2) is 29.1 Å². The smallest absolute Gasteiger partial charge is 0.253 e. The zero-order valence-corrected chi connectivity index (χ0v) is 17.4. The van der Waals surface area contributed by atoms with Crippen molar-refractivity contribution in [1.82, 2.24) is 9.88 Å². The third-order valence-corrected chi connectivity index (χ3v) is 6.47. The molecule has 2 aromatic rings. The number of ether oxygens (including phenoxy) is 1. The van der Waals surface area contributed by atoms with Gasteiger partial charge < -0.3 is 14.6 Å². The van der Waals surface area contributed by atoms with Crippen LogP contribution < -0.4 is 5.56 Å². The summed E-state index contributed by atoms with van der Waals surface area (Å²) in [5.41, 5.74) is 2.65. The summed E-state index contributed by atoms with van der Waals surface area (Å²) in [6.45, 7) is 3.84. The van der Waals surface area contributed by atoms with Crippen LogP contribution in [0, 0.1) is 5.92 Å². The van der Waals surface area contributed by atoms with Crippen LogP contribution in [0.1, 0.15) is 63.0 Å². The number of aromatic nitrogens is 1. The first-order valence-corrected chi connectivity index (χ1v) is 11.2. The highest BCUT2D eigenvalue weighted by molar-refractivity contribution is 5.81. The lowest BCUT2D eigenvalue weighted by atomic mass is 9.88. The van der Waals surface area contributed by atoms with Crippen molar-refractivity contribution in [1.29, 1.82) is 0 Å². The second-order valence-corrected chi connectivity index (χ2v) is 8.59. The Balaban J connectivity index is 1.60. The number of benzene rings is 1. The van der Waals surface area contributed by atoms with Crippen LogP contribution >= 0.6 is 0 Å². The predicted molar refractivity (Wildman–Crippen MR) is 115 cm³/mol. The molecular formula is C24H32N2O3. The summed E-state index contributed by atoms with van der Waals surface area (Å²) in [4.78, 5) is 31.0. The molecule has 1 aliphatic heterocycles. The van der Waals surface area contributed by atoms with Crippen molar-refractivity contribution in [2.75, 3.05) is 13.2 Å². The number of fused-ring (bicyclic) bond motifs is 1. The fraction of sp³-hybridized carbons (Fsp3) is 0.583. The molecule has 2 aliphatic rings. The Morgan fingerprint density at radius 3 is 2.69 bits per heavy atom. The molecule has 2 fully saturated rings. The highest BCUT2D eigenvalue weighted by Gasteiger charge is 2.29. The summed E-state index contributed by atoms with van der Waals surface area (Å²) in [5, 5.41) is 1.03. The first-order valence-electron chi connectivity index (χ1n) is 11.2. The van der Waals surface area contributed by atoms with Gasteiger partial charge in [-0.1, -0.05) is 32.3 Å². The molecule has 0 spiro atoms. The number of aromatic amines is 1. The first kappa shape index (κ1) is 20.1. The molecule has 1 atom stereocenters. The molecule has 1 saturated heterocycles. The van der Waals surface area contributed by atoms with Gasteiger partial charge in [-0.05, 0) is 61.3 Å². The normalized spacial score (nSPS) is 20.2. The van der Waals surface area contributed by atoms with Crippen LogP contribution in [0.4, 0.5) is 0 Å². The Bertz CT molecular complexity index is 908. The Morgan fingerprint density at radius 1 is 1.14 bits per heavy atom. The lowest BCUT2D eigenvalue weighted by Gasteiger charge is -2.31. The van der Waals surface area contributed by atoms with Gasteiger partial charge in [0.05, 0.1) is 12.6 Å². The fourth-order valence-electron chi connectivity index (χ4n) is 4.72. The lowest BCUT2D eigenvalue weighted by molar-refractivity contribution is -0.138. The molecule has 1 amide bonds. The van der Waals surface area contributed by atoms with Gasteiger partial charge in [-0.25, -0.2) is 0 Å². The van der Waals surface area contributed by atoms with E-state index in [1.807, 2.05) is 23.1 Å². The molecule has 0 unspecified atom stereocenters. The van der Waals surface area contributed by atoms with Gasteiger partial charge in [0.2, 0.25) is 5.91 Å². The molecule has 1 aromatic carbocycles. The largest absolute Gasteiger partial charge is 0.376 e. The van der Waals surface area contributed by atoms with Gasteiger partial charge >= 0.3 is 0 Å². The molecule has 0 radical (unpaired) electrons. The molecule has 2 heterocycles. The number of hydrogen-bond donors (Lipinski definition) is 1. The van der Waals surface area contributed by atoms with Crippen LogP contribution in [-0.2, 0) is 22.5 Å². The quantitative estimate of drug-likeness (QED) is 0.797. The molecule has 5 heteroatoms. The second kappa shape index (κ2) is 9.12. The molecule has 4 rings (SSSR count). The summed E-state index contributed by atoms with van der Waals surface area (Å²) in [6, 6.07) is 8.11. The molecule has 29 heavy (non-hydrogen) atoms. The van der Waals surface area contributed by atoms with Crippen molar-refractivity contribution in [3.8, 4) is 0 Å². The van der Waals surface area contributed by atoms with E-state index in [-0.39, 0.29) is 23.5 Å². The number of carbonyl (C=O) groups is 1. The number of aryl methyl sites for hydroxylation is 1. The molecular weight excluding hydrogens is 364 g/mol. The number of H-pyrrole nitrogens is 1. The maximum absolute atomic E-state index is 13.3. The highest BCUT2D eigenvalue weighted by atomic mass is 16.5. The number of rotatable bonds is 6. The Hall–Kier alpha value is -2.14. The third kappa shape index (κ3) is 4.72. The van der Waals surface area contributed by atoms with E-state index in [1.54, 1.807) is 0 Å². The first-order chi connectivity index (χ1) is 14.1. The lowest BCUT2D eigenvalue weighted by Crippen LogP contribution is -2.42. The molecule has 0 bridgehead atoms. The van der Waals surface area contributed by atoms with Crippen molar-refractivity contribution in [3.63, 3.8) is 0 Å². The summed E-state index contributed by atoms with van der Waals surface area (Å²) >= 11 is 0. The SMILES string of the molecule is CCc1ccc2[nH]c(=O)c(CN(C[C@@H]3CCCO3)C(=O)C3CCCCC3)cc2c1. The van der Waals surface area contributed by atoms with Crippen LogP contribution in [0.3, 0.4) is 0 Å². The van der Waals surface area contributed by atoms with Crippen molar-refractivity contribution in [3.05, 3.63) is 45.7 Å². The molecule has 1 aliphatic carbocycles.